The van der Waals surface area contributed by atoms with Crippen LogP contribution in [0.15, 0.2) is 18.2 Å². The Hall–Kier alpha value is -1.40. The molecule has 17 heavy (non-hydrogen) atoms. The zero-order valence-electron chi connectivity index (χ0n) is 10.1. The van der Waals surface area contributed by atoms with E-state index in [4.69, 9.17) is 6.42 Å². The van der Waals surface area contributed by atoms with Crippen LogP contribution in [-0.4, -0.2) is 6.04 Å². The molecule has 0 aliphatic heterocycles. The maximum Gasteiger partial charge on any atom is 0.163 e. The standard InChI is InChI=1S/C14H17F2N/c1-4-7-11(5-2)17-10(3)12-8-6-9-13(15)14(12)16/h1,6,8-11,17H,5,7H2,2-3H3. The van der Waals surface area contributed by atoms with E-state index in [9.17, 15) is 8.78 Å². The van der Waals surface area contributed by atoms with Gasteiger partial charge in [0, 0.05) is 24.1 Å². The topological polar surface area (TPSA) is 12.0 Å². The highest BCUT2D eigenvalue weighted by Crippen LogP contribution is 2.20. The first-order chi connectivity index (χ1) is 8.10. The molecule has 0 bridgehead atoms. The summed E-state index contributed by atoms with van der Waals surface area (Å²) in [7, 11) is 0. The second-order valence-corrected chi connectivity index (χ2v) is 4.04. The number of benzene rings is 1. The fourth-order valence-corrected chi connectivity index (χ4v) is 1.76. The number of rotatable bonds is 5. The Balaban J connectivity index is 2.79. The molecule has 1 aromatic rings. The average molecular weight is 237 g/mol. The Bertz CT molecular complexity index is 409. The summed E-state index contributed by atoms with van der Waals surface area (Å²) in [5, 5.41) is 3.20. The first-order valence-electron chi connectivity index (χ1n) is 5.73. The molecular weight excluding hydrogens is 220 g/mol. The molecule has 0 aliphatic carbocycles. The zero-order valence-corrected chi connectivity index (χ0v) is 10.1. The summed E-state index contributed by atoms with van der Waals surface area (Å²) >= 11 is 0. The van der Waals surface area contributed by atoms with Gasteiger partial charge in [0.05, 0.1) is 0 Å². The molecule has 0 amide bonds. The third kappa shape index (κ3) is 3.54. The largest absolute Gasteiger partial charge is 0.306 e. The highest BCUT2D eigenvalue weighted by atomic mass is 19.2. The monoisotopic (exact) mass is 237 g/mol. The van der Waals surface area contributed by atoms with E-state index < -0.39 is 11.6 Å². The fourth-order valence-electron chi connectivity index (χ4n) is 1.76. The van der Waals surface area contributed by atoms with E-state index in [0.717, 1.165) is 12.5 Å². The van der Waals surface area contributed by atoms with Gasteiger partial charge in [-0.3, -0.25) is 0 Å². The molecular formula is C14H17F2N. The minimum Gasteiger partial charge on any atom is -0.306 e. The van der Waals surface area contributed by atoms with Crippen LogP contribution in [-0.2, 0) is 0 Å². The van der Waals surface area contributed by atoms with E-state index >= 15 is 0 Å². The van der Waals surface area contributed by atoms with Gasteiger partial charge in [-0.05, 0) is 19.4 Å². The van der Waals surface area contributed by atoms with E-state index in [0.29, 0.717) is 12.0 Å². The highest BCUT2D eigenvalue weighted by molar-refractivity contribution is 5.22. The van der Waals surface area contributed by atoms with Gasteiger partial charge in [0.15, 0.2) is 11.6 Å². The first kappa shape index (κ1) is 13.7. The van der Waals surface area contributed by atoms with Gasteiger partial charge in [-0.2, -0.15) is 0 Å². The summed E-state index contributed by atoms with van der Waals surface area (Å²) in [5.74, 6) is 0.964. The quantitative estimate of drug-likeness (QED) is 0.774. The van der Waals surface area contributed by atoms with Gasteiger partial charge in [-0.1, -0.05) is 19.1 Å². The molecule has 0 aromatic heterocycles. The molecule has 92 valence electrons. The Morgan fingerprint density at radius 1 is 1.41 bits per heavy atom. The van der Waals surface area contributed by atoms with Crippen molar-refractivity contribution in [2.75, 3.05) is 0 Å². The minimum absolute atomic E-state index is 0.123. The Morgan fingerprint density at radius 3 is 2.71 bits per heavy atom. The van der Waals surface area contributed by atoms with E-state index in [1.807, 2.05) is 6.92 Å². The Kier molecular flexibility index (Phi) is 5.11. The predicted molar refractivity (Wildman–Crippen MR) is 65.4 cm³/mol. The van der Waals surface area contributed by atoms with Crippen molar-refractivity contribution in [3.63, 3.8) is 0 Å². The van der Waals surface area contributed by atoms with Crippen molar-refractivity contribution in [1.82, 2.24) is 5.32 Å². The van der Waals surface area contributed by atoms with Crippen LogP contribution in [0.5, 0.6) is 0 Å². The van der Waals surface area contributed by atoms with E-state index in [1.165, 1.54) is 6.07 Å². The molecule has 1 N–H and O–H groups in total. The molecule has 2 unspecified atom stereocenters. The summed E-state index contributed by atoms with van der Waals surface area (Å²) in [6, 6.07) is 4.07. The third-order valence-electron chi connectivity index (χ3n) is 2.79. The molecule has 0 saturated carbocycles. The van der Waals surface area contributed by atoms with Gasteiger partial charge in [-0.25, -0.2) is 8.78 Å². The van der Waals surface area contributed by atoms with Crippen LogP contribution in [0, 0.1) is 24.0 Å². The third-order valence-corrected chi connectivity index (χ3v) is 2.79. The minimum atomic E-state index is -0.818. The lowest BCUT2D eigenvalue weighted by Crippen LogP contribution is -2.31. The summed E-state index contributed by atoms with van der Waals surface area (Å²) in [6.45, 7) is 3.81. The lowest BCUT2D eigenvalue weighted by atomic mass is 10.0. The van der Waals surface area contributed by atoms with Gasteiger partial charge in [0.1, 0.15) is 0 Å². The van der Waals surface area contributed by atoms with Crippen molar-refractivity contribution < 1.29 is 8.78 Å². The first-order valence-corrected chi connectivity index (χ1v) is 5.73. The number of halogens is 2. The molecule has 0 heterocycles. The smallest absolute Gasteiger partial charge is 0.163 e. The molecule has 0 fully saturated rings. The predicted octanol–water partition coefficient (Wildman–Crippen LogP) is 3.42. The Morgan fingerprint density at radius 2 is 2.12 bits per heavy atom. The number of nitrogens with one attached hydrogen (secondary N) is 1. The van der Waals surface area contributed by atoms with E-state index in [-0.39, 0.29) is 12.1 Å². The molecule has 1 nitrogen and oxygen atoms in total. The molecule has 1 rings (SSSR count). The number of hydrogen-bond acceptors (Lipinski definition) is 1. The molecule has 1 aromatic carbocycles. The second kappa shape index (κ2) is 6.36. The molecule has 3 heteroatoms. The molecule has 0 spiro atoms. The van der Waals surface area contributed by atoms with Crippen molar-refractivity contribution in [3.8, 4) is 12.3 Å². The SMILES string of the molecule is C#CCC(CC)NC(C)c1cccc(F)c1F. The molecule has 0 aliphatic rings. The van der Waals surface area contributed by atoms with Crippen LogP contribution in [0.25, 0.3) is 0 Å². The van der Waals surface area contributed by atoms with E-state index in [1.54, 1.807) is 13.0 Å². The van der Waals surface area contributed by atoms with Crippen LogP contribution < -0.4 is 5.32 Å². The normalized spacial score (nSPS) is 14.1. The maximum atomic E-state index is 13.5. The molecule has 0 radical (unpaired) electrons. The summed E-state index contributed by atoms with van der Waals surface area (Å²) in [6.07, 6.45) is 6.68. The molecule has 2 atom stereocenters. The van der Waals surface area contributed by atoms with E-state index in [2.05, 4.69) is 11.2 Å². The fraction of sp³-hybridized carbons (Fsp3) is 0.429. The van der Waals surface area contributed by atoms with Crippen LogP contribution in [0.4, 0.5) is 8.78 Å². The lowest BCUT2D eigenvalue weighted by Gasteiger charge is -2.21. The zero-order chi connectivity index (χ0) is 12.8. The van der Waals surface area contributed by atoms with Crippen LogP contribution in [0.1, 0.15) is 38.3 Å². The van der Waals surface area contributed by atoms with Crippen LogP contribution in [0.3, 0.4) is 0 Å². The van der Waals surface area contributed by atoms with Crippen molar-refractivity contribution in [3.05, 3.63) is 35.4 Å². The van der Waals surface area contributed by atoms with Gasteiger partial charge in [-0.15, -0.1) is 12.3 Å². The maximum absolute atomic E-state index is 13.5. The van der Waals surface area contributed by atoms with Crippen LogP contribution in [0.2, 0.25) is 0 Å². The number of hydrogen-bond donors (Lipinski definition) is 1. The number of terminal acetylenes is 1. The van der Waals surface area contributed by atoms with Crippen molar-refractivity contribution in [2.24, 2.45) is 0 Å². The van der Waals surface area contributed by atoms with Crippen molar-refractivity contribution >= 4 is 0 Å². The lowest BCUT2D eigenvalue weighted by molar-refractivity contribution is 0.424. The van der Waals surface area contributed by atoms with Crippen molar-refractivity contribution in [2.45, 2.75) is 38.8 Å². The summed E-state index contributed by atoms with van der Waals surface area (Å²) in [4.78, 5) is 0. The van der Waals surface area contributed by atoms with Crippen LogP contribution >= 0.6 is 0 Å². The summed E-state index contributed by atoms with van der Waals surface area (Å²) in [5.41, 5.74) is 0.334. The van der Waals surface area contributed by atoms with Crippen molar-refractivity contribution in [1.29, 1.82) is 0 Å². The highest BCUT2D eigenvalue weighted by Gasteiger charge is 2.16. The van der Waals surface area contributed by atoms with Gasteiger partial charge in [0.25, 0.3) is 0 Å². The average Bonchev–Trinajstić information content (AvgIpc) is 2.31. The van der Waals surface area contributed by atoms with Gasteiger partial charge >= 0.3 is 0 Å². The second-order valence-electron chi connectivity index (χ2n) is 4.04. The Labute approximate surface area is 101 Å². The van der Waals surface area contributed by atoms with Gasteiger partial charge in [0.2, 0.25) is 0 Å². The summed E-state index contributed by atoms with van der Waals surface area (Å²) < 4.78 is 26.6. The van der Waals surface area contributed by atoms with Gasteiger partial charge < -0.3 is 5.32 Å². The molecule has 0 saturated heterocycles.